The molecule has 1 aromatic carbocycles. The van der Waals surface area contributed by atoms with Gasteiger partial charge in [-0.2, -0.15) is 0 Å². The Morgan fingerprint density at radius 2 is 2.00 bits per heavy atom. The molecule has 6 nitrogen and oxygen atoms in total. The fourth-order valence-corrected chi connectivity index (χ4v) is 4.50. The number of hydrogen-bond donors (Lipinski definition) is 1. The summed E-state index contributed by atoms with van der Waals surface area (Å²) in [6, 6.07) is 4.52. The zero-order chi connectivity index (χ0) is 19.2. The van der Waals surface area contributed by atoms with Crippen LogP contribution in [-0.2, 0) is 16.4 Å². The summed E-state index contributed by atoms with van der Waals surface area (Å²) in [6.45, 7) is 3.93. The molecule has 1 aromatic heterocycles. The fraction of sp³-hybridized carbons (Fsp3) is 0.353. The smallest absolute Gasteiger partial charge is 0.273 e. The van der Waals surface area contributed by atoms with E-state index in [0.29, 0.717) is 23.0 Å². The number of nitrogens with one attached hydrogen (secondary N) is 1. The van der Waals surface area contributed by atoms with Crippen molar-refractivity contribution in [2.75, 3.05) is 13.6 Å². The van der Waals surface area contributed by atoms with Crippen molar-refractivity contribution in [2.45, 2.75) is 31.4 Å². The van der Waals surface area contributed by atoms with Gasteiger partial charge in [0, 0.05) is 22.7 Å². The van der Waals surface area contributed by atoms with Crippen LogP contribution in [0.4, 0.5) is 0 Å². The summed E-state index contributed by atoms with van der Waals surface area (Å²) in [5, 5.41) is 0.821. The van der Waals surface area contributed by atoms with Gasteiger partial charge in [0.25, 0.3) is 15.9 Å². The lowest BCUT2D eigenvalue weighted by Crippen LogP contribution is -2.39. The van der Waals surface area contributed by atoms with Crippen LogP contribution in [0.2, 0.25) is 10.0 Å². The van der Waals surface area contributed by atoms with E-state index in [2.05, 4.69) is 4.72 Å². The van der Waals surface area contributed by atoms with Crippen LogP contribution in [0, 0.1) is 6.92 Å². The van der Waals surface area contributed by atoms with Gasteiger partial charge in [0.15, 0.2) is 0 Å². The number of rotatable bonds is 3. The summed E-state index contributed by atoms with van der Waals surface area (Å²) in [5.41, 5.74) is 2.10. The van der Waals surface area contributed by atoms with Gasteiger partial charge in [-0.05, 0) is 50.6 Å². The molecule has 3 rings (SSSR count). The number of sulfonamides is 1. The summed E-state index contributed by atoms with van der Waals surface area (Å²) >= 11 is 12.4. The van der Waals surface area contributed by atoms with Crippen LogP contribution in [0.3, 0.4) is 0 Å². The number of benzene rings is 1. The average Bonchev–Trinajstić information content (AvgIpc) is 2.98. The lowest BCUT2D eigenvalue weighted by atomic mass is 9.93. The Labute approximate surface area is 162 Å². The van der Waals surface area contributed by atoms with Crippen LogP contribution >= 0.6 is 23.2 Å². The predicted molar refractivity (Wildman–Crippen MR) is 99.3 cm³/mol. The van der Waals surface area contributed by atoms with Gasteiger partial charge in [0.05, 0.1) is 11.6 Å². The highest BCUT2D eigenvalue weighted by Gasteiger charge is 2.32. The monoisotopic (exact) mass is 416 g/mol. The Hall–Kier alpha value is -1.54. The van der Waals surface area contributed by atoms with Crippen molar-refractivity contribution in [3.8, 4) is 0 Å². The minimum atomic E-state index is -3.76. The van der Waals surface area contributed by atoms with Gasteiger partial charge in [-0.3, -0.25) is 4.79 Å². The zero-order valence-electron chi connectivity index (χ0n) is 14.5. The van der Waals surface area contributed by atoms with Crippen molar-refractivity contribution >= 4 is 39.1 Å². The van der Waals surface area contributed by atoms with Crippen molar-refractivity contribution < 1.29 is 17.6 Å². The molecule has 1 N–H and O–H groups in total. The second-order valence-electron chi connectivity index (χ2n) is 6.12. The minimum Gasteiger partial charge on any atom is -0.448 e. The molecule has 0 bridgehead atoms. The molecule has 0 radical (unpaired) electrons. The van der Waals surface area contributed by atoms with Crippen LogP contribution in [0.15, 0.2) is 27.7 Å². The minimum absolute atomic E-state index is 0.224. The van der Waals surface area contributed by atoms with E-state index < -0.39 is 10.0 Å². The Balaban J connectivity index is 1.97. The number of amides is 1. The molecule has 1 atom stereocenters. The van der Waals surface area contributed by atoms with Gasteiger partial charge in [-0.1, -0.05) is 23.2 Å². The topological polar surface area (TPSA) is 79.6 Å². The van der Waals surface area contributed by atoms with Crippen LogP contribution in [0.1, 0.15) is 40.2 Å². The summed E-state index contributed by atoms with van der Waals surface area (Å²) in [4.78, 5) is 14.7. The molecular formula is C17H18Cl2N2O4S. The largest absolute Gasteiger partial charge is 0.448 e. The molecule has 9 heteroatoms. The maximum atomic E-state index is 13.0. The van der Waals surface area contributed by atoms with E-state index in [0.717, 1.165) is 11.1 Å². The molecule has 1 unspecified atom stereocenters. The van der Waals surface area contributed by atoms with E-state index in [1.54, 1.807) is 17.9 Å². The maximum Gasteiger partial charge on any atom is 0.273 e. The number of hydrogen-bond acceptors (Lipinski definition) is 4. The molecule has 2 aromatic rings. The third-order valence-electron chi connectivity index (χ3n) is 4.64. The third kappa shape index (κ3) is 3.24. The number of halogens is 2. The second kappa shape index (κ2) is 6.88. The molecule has 0 saturated heterocycles. The lowest BCUT2D eigenvalue weighted by Gasteiger charge is -2.35. The van der Waals surface area contributed by atoms with Crippen molar-refractivity contribution in [3.05, 3.63) is 50.7 Å². The highest BCUT2D eigenvalue weighted by Crippen LogP contribution is 2.37. The molecule has 1 aliphatic rings. The molecule has 1 amide bonds. The van der Waals surface area contributed by atoms with Crippen LogP contribution in [-0.4, -0.2) is 32.8 Å². The number of furan rings is 1. The van der Waals surface area contributed by atoms with Crippen LogP contribution in [0.5, 0.6) is 0 Å². The zero-order valence-corrected chi connectivity index (χ0v) is 16.8. The summed E-state index contributed by atoms with van der Waals surface area (Å²) in [6.07, 6.45) is 0.597. The van der Waals surface area contributed by atoms with Gasteiger partial charge in [-0.15, -0.1) is 0 Å². The Morgan fingerprint density at radius 1 is 1.31 bits per heavy atom. The van der Waals surface area contributed by atoms with E-state index in [4.69, 9.17) is 27.6 Å². The average molecular weight is 417 g/mol. The molecule has 1 aliphatic heterocycles. The normalized spacial score (nSPS) is 17.3. The number of carbonyl (C=O) groups excluding carboxylic acids is 1. The number of aryl methyl sites for hydroxylation is 1. The van der Waals surface area contributed by atoms with Gasteiger partial charge < -0.3 is 9.32 Å². The molecule has 0 saturated carbocycles. The molecule has 0 fully saturated rings. The Bertz CT molecular complexity index is 985. The summed E-state index contributed by atoms with van der Waals surface area (Å²) in [5.74, 6) is -0.0380. The first kappa shape index (κ1) is 19.2. The second-order valence-corrected chi connectivity index (χ2v) is 8.78. The van der Waals surface area contributed by atoms with Crippen LogP contribution < -0.4 is 4.72 Å². The highest BCUT2D eigenvalue weighted by molar-refractivity contribution is 7.89. The van der Waals surface area contributed by atoms with E-state index in [9.17, 15) is 13.2 Å². The standard InChI is InChI=1S/C17H18Cl2N2O4S/c1-9-13-6-11(18)7-15(19)12(13)4-5-21(9)17(22)14-8-16(25-10(14)2)26(23,24)20-3/h6-9,20H,4-5H2,1-3H3. The van der Waals surface area contributed by atoms with E-state index >= 15 is 0 Å². The number of fused-ring (bicyclic) bond motifs is 1. The van der Waals surface area contributed by atoms with Crippen LogP contribution in [0.25, 0.3) is 0 Å². The molecule has 140 valence electrons. The maximum absolute atomic E-state index is 13.0. The van der Waals surface area contributed by atoms with E-state index in [-0.39, 0.29) is 28.4 Å². The van der Waals surface area contributed by atoms with E-state index in [1.165, 1.54) is 13.1 Å². The van der Waals surface area contributed by atoms with E-state index in [1.807, 2.05) is 13.0 Å². The first-order chi connectivity index (χ1) is 12.2. The fourth-order valence-electron chi connectivity index (χ4n) is 3.19. The van der Waals surface area contributed by atoms with Crippen molar-refractivity contribution in [2.24, 2.45) is 0 Å². The van der Waals surface area contributed by atoms with Gasteiger partial charge in [0.2, 0.25) is 5.09 Å². The predicted octanol–water partition coefficient (Wildman–Crippen LogP) is 3.56. The van der Waals surface area contributed by atoms with Gasteiger partial charge >= 0.3 is 0 Å². The molecule has 0 spiro atoms. The molecular weight excluding hydrogens is 399 g/mol. The summed E-state index contributed by atoms with van der Waals surface area (Å²) < 4.78 is 31.3. The third-order valence-corrected chi connectivity index (χ3v) is 6.46. The first-order valence-electron chi connectivity index (χ1n) is 7.98. The SMILES string of the molecule is CNS(=O)(=O)c1cc(C(=O)N2CCc3c(Cl)cc(Cl)cc3C2C)c(C)o1. The Morgan fingerprint density at radius 3 is 2.65 bits per heavy atom. The first-order valence-corrected chi connectivity index (χ1v) is 10.2. The molecule has 26 heavy (non-hydrogen) atoms. The number of nitrogens with zero attached hydrogens (tertiary/aromatic N) is 1. The van der Waals surface area contributed by atoms with Crippen molar-refractivity contribution in [1.82, 2.24) is 9.62 Å². The van der Waals surface area contributed by atoms with Crippen molar-refractivity contribution in [1.29, 1.82) is 0 Å². The van der Waals surface area contributed by atoms with Gasteiger partial charge in [-0.25, -0.2) is 13.1 Å². The lowest BCUT2D eigenvalue weighted by molar-refractivity contribution is 0.0676. The Kier molecular flexibility index (Phi) is 5.09. The molecule has 2 heterocycles. The van der Waals surface area contributed by atoms with Crippen molar-refractivity contribution in [3.63, 3.8) is 0 Å². The molecule has 0 aliphatic carbocycles. The van der Waals surface area contributed by atoms with Gasteiger partial charge in [0.1, 0.15) is 5.76 Å². The summed E-state index contributed by atoms with van der Waals surface area (Å²) in [7, 11) is -2.48. The number of carbonyl (C=O) groups is 1. The highest BCUT2D eigenvalue weighted by atomic mass is 35.5. The quantitative estimate of drug-likeness (QED) is 0.828.